The van der Waals surface area contributed by atoms with E-state index in [1.165, 1.54) is 24.0 Å². The number of carbonyl (C=O) groups is 3. The average Bonchev–Trinajstić information content (AvgIpc) is 2.99. The van der Waals surface area contributed by atoms with E-state index >= 15 is 0 Å². The second kappa shape index (κ2) is 9.76. The van der Waals surface area contributed by atoms with Crippen molar-refractivity contribution in [1.29, 1.82) is 0 Å². The number of carboxylic acids is 1. The third-order valence-electron chi connectivity index (χ3n) is 4.93. The Morgan fingerprint density at radius 1 is 1.17 bits per heavy atom. The second-order valence-electron chi connectivity index (χ2n) is 7.21. The summed E-state index contributed by atoms with van der Waals surface area (Å²) < 4.78 is 39.1. The number of ketones is 1. The summed E-state index contributed by atoms with van der Waals surface area (Å²) >= 11 is 0. The van der Waals surface area contributed by atoms with Crippen LogP contribution in [0.1, 0.15) is 56.2 Å². The molecular formula is C20H25F3N2O4. The SMILES string of the molecule is CC(=O)CCCCCN1CCN(C(CC(=O)O)c2cccc(C(F)(F)F)c2)C1=O. The van der Waals surface area contributed by atoms with Crippen LogP contribution in [0.15, 0.2) is 24.3 Å². The Morgan fingerprint density at radius 2 is 1.90 bits per heavy atom. The topological polar surface area (TPSA) is 77.9 Å². The largest absolute Gasteiger partial charge is 0.481 e. The molecule has 29 heavy (non-hydrogen) atoms. The van der Waals surface area contributed by atoms with Crippen LogP contribution in [-0.2, 0) is 15.8 Å². The van der Waals surface area contributed by atoms with E-state index in [1.54, 1.807) is 4.90 Å². The number of carboxylic acid groups (broad SMARTS) is 1. The van der Waals surface area contributed by atoms with Crippen molar-refractivity contribution in [3.8, 4) is 0 Å². The number of urea groups is 1. The van der Waals surface area contributed by atoms with Gasteiger partial charge in [-0.15, -0.1) is 0 Å². The first-order chi connectivity index (χ1) is 13.6. The number of nitrogens with zero attached hydrogens (tertiary/aromatic N) is 2. The summed E-state index contributed by atoms with van der Waals surface area (Å²) in [6.07, 6.45) is -2.29. The number of benzene rings is 1. The minimum atomic E-state index is -4.55. The Hall–Kier alpha value is -2.58. The summed E-state index contributed by atoms with van der Waals surface area (Å²) in [6.45, 7) is 2.63. The molecule has 0 radical (unpaired) electrons. The van der Waals surface area contributed by atoms with Crippen LogP contribution in [-0.4, -0.2) is 52.3 Å². The van der Waals surface area contributed by atoms with E-state index in [0.717, 1.165) is 25.0 Å². The van der Waals surface area contributed by atoms with E-state index in [1.807, 2.05) is 0 Å². The highest BCUT2D eigenvalue weighted by molar-refractivity contribution is 5.78. The van der Waals surface area contributed by atoms with Crippen LogP contribution >= 0.6 is 0 Å². The lowest BCUT2D eigenvalue weighted by molar-refractivity contribution is -0.138. The van der Waals surface area contributed by atoms with Crippen LogP contribution in [0.2, 0.25) is 0 Å². The zero-order valence-electron chi connectivity index (χ0n) is 16.2. The van der Waals surface area contributed by atoms with Gasteiger partial charge < -0.3 is 19.7 Å². The molecule has 1 saturated heterocycles. The maximum Gasteiger partial charge on any atom is 0.416 e. The summed E-state index contributed by atoms with van der Waals surface area (Å²) in [6, 6.07) is 3.12. The molecular weight excluding hydrogens is 389 g/mol. The van der Waals surface area contributed by atoms with E-state index in [0.29, 0.717) is 25.9 Å². The molecule has 1 aliphatic rings. The first-order valence-corrected chi connectivity index (χ1v) is 9.53. The summed E-state index contributed by atoms with van der Waals surface area (Å²) in [7, 11) is 0. The Balaban J connectivity index is 2.08. The minimum absolute atomic E-state index is 0.117. The van der Waals surface area contributed by atoms with Gasteiger partial charge in [0.05, 0.1) is 18.0 Å². The van der Waals surface area contributed by atoms with Gasteiger partial charge in [0.25, 0.3) is 0 Å². The van der Waals surface area contributed by atoms with E-state index < -0.39 is 30.2 Å². The predicted octanol–water partition coefficient (Wildman–Crippen LogP) is 4.11. The highest BCUT2D eigenvalue weighted by atomic mass is 19.4. The van der Waals surface area contributed by atoms with Gasteiger partial charge in [-0.25, -0.2) is 4.79 Å². The van der Waals surface area contributed by atoms with E-state index in [2.05, 4.69) is 0 Å². The van der Waals surface area contributed by atoms with Gasteiger partial charge in [-0.3, -0.25) is 4.79 Å². The molecule has 1 atom stereocenters. The average molecular weight is 414 g/mol. The smallest absolute Gasteiger partial charge is 0.416 e. The summed E-state index contributed by atoms with van der Waals surface area (Å²) in [4.78, 5) is 37.9. The highest BCUT2D eigenvalue weighted by Crippen LogP contribution is 2.34. The van der Waals surface area contributed by atoms with Crippen LogP contribution in [0.5, 0.6) is 0 Å². The molecule has 2 rings (SSSR count). The molecule has 1 unspecified atom stereocenters. The third kappa shape index (κ3) is 6.47. The molecule has 1 heterocycles. The van der Waals surface area contributed by atoms with Crippen LogP contribution in [0.4, 0.5) is 18.0 Å². The van der Waals surface area contributed by atoms with Crippen molar-refractivity contribution in [3.63, 3.8) is 0 Å². The van der Waals surface area contributed by atoms with Crippen molar-refractivity contribution in [3.05, 3.63) is 35.4 Å². The fraction of sp³-hybridized carbons (Fsp3) is 0.550. The maximum absolute atomic E-state index is 13.0. The standard InChI is InChI=1S/C20H25F3N2O4/c1-14(26)6-3-2-4-9-24-10-11-25(19(24)29)17(13-18(27)28)15-7-5-8-16(12-15)20(21,22)23/h5,7-8,12,17H,2-4,6,9-11,13H2,1H3,(H,27,28). The van der Waals surface area contributed by atoms with Gasteiger partial charge in [-0.1, -0.05) is 18.6 Å². The quantitative estimate of drug-likeness (QED) is 0.585. The Labute approximate surface area is 167 Å². The van der Waals surface area contributed by atoms with Crippen molar-refractivity contribution in [1.82, 2.24) is 9.80 Å². The third-order valence-corrected chi connectivity index (χ3v) is 4.93. The number of alkyl halides is 3. The van der Waals surface area contributed by atoms with E-state index in [9.17, 15) is 32.7 Å². The number of hydrogen-bond acceptors (Lipinski definition) is 3. The molecule has 0 saturated carbocycles. The molecule has 1 aromatic carbocycles. The number of rotatable bonds is 10. The minimum Gasteiger partial charge on any atom is -0.481 e. The molecule has 160 valence electrons. The highest BCUT2D eigenvalue weighted by Gasteiger charge is 2.37. The van der Waals surface area contributed by atoms with Gasteiger partial charge in [0, 0.05) is 26.1 Å². The number of Topliss-reactive ketones (excluding diaryl/α,β-unsaturated/α-hetero) is 1. The molecule has 0 spiro atoms. The molecule has 1 N–H and O–H groups in total. The Morgan fingerprint density at radius 3 is 2.52 bits per heavy atom. The predicted molar refractivity (Wildman–Crippen MR) is 99.3 cm³/mol. The van der Waals surface area contributed by atoms with Crippen molar-refractivity contribution in [2.24, 2.45) is 0 Å². The summed E-state index contributed by atoms with van der Waals surface area (Å²) in [5.74, 6) is -1.08. The monoisotopic (exact) mass is 414 g/mol. The molecule has 1 aromatic rings. The van der Waals surface area contributed by atoms with Gasteiger partial charge in [-0.05, 0) is 37.5 Å². The van der Waals surface area contributed by atoms with Crippen LogP contribution < -0.4 is 0 Å². The van der Waals surface area contributed by atoms with Gasteiger partial charge in [0.2, 0.25) is 0 Å². The summed E-state index contributed by atoms with van der Waals surface area (Å²) in [5, 5.41) is 9.23. The molecule has 1 aliphatic heterocycles. The van der Waals surface area contributed by atoms with Gasteiger partial charge in [0.1, 0.15) is 5.78 Å². The number of amides is 2. The zero-order valence-corrected chi connectivity index (χ0v) is 16.2. The lowest BCUT2D eigenvalue weighted by Crippen LogP contribution is -2.36. The fourth-order valence-corrected chi connectivity index (χ4v) is 3.45. The van der Waals surface area contributed by atoms with E-state index in [4.69, 9.17) is 0 Å². The maximum atomic E-state index is 13.0. The van der Waals surface area contributed by atoms with Crippen LogP contribution in [0.25, 0.3) is 0 Å². The lowest BCUT2D eigenvalue weighted by Gasteiger charge is -2.28. The van der Waals surface area contributed by atoms with E-state index in [-0.39, 0.29) is 23.9 Å². The van der Waals surface area contributed by atoms with Crippen LogP contribution in [0.3, 0.4) is 0 Å². The van der Waals surface area contributed by atoms with Gasteiger partial charge in [-0.2, -0.15) is 13.2 Å². The number of unbranched alkanes of at least 4 members (excludes halogenated alkanes) is 2. The summed E-state index contributed by atoms with van der Waals surface area (Å²) in [5.41, 5.74) is -0.724. The number of carbonyl (C=O) groups excluding carboxylic acids is 2. The molecule has 0 bridgehead atoms. The zero-order chi connectivity index (χ0) is 21.6. The lowest BCUT2D eigenvalue weighted by atomic mass is 10.00. The van der Waals surface area contributed by atoms with Crippen molar-refractivity contribution in [2.45, 2.75) is 51.2 Å². The Bertz CT molecular complexity index is 751. The van der Waals surface area contributed by atoms with Gasteiger partial charge >= 0.3 is 18.2 Å². The first-order valence-electron chi connectivity index (χ1n) is 9.53. The molecule has 0 aliphatic carbocycles. The first kappa shape index (κ1) is 22.7. The van der Waals surface area contributed by atoms with Crippen molar-refractivity contribution < 1.29 is 32.7 Å². The molecule has 9 heteroatoms. The van der Waals surface area contributed by atoms with Gasteiger partial charge in [0.15, 0.2) is 0 Å². The molecule has 1 fully saturated rings. The second-order valence-corrected chi connectivity index (χ2v) is 7.21. The number of aliphatic carboxylic acids is 1. The number of hydrogen-bond donors (Lipinski definition) is 1. The fourth-order valence-electron chi connectivity index (χ4n) is 3.45. The molecule has 0 aromatic heterocycles. The van der Waals surface area contributed by atoms with Crippen LogP contribution in [0, 0.1) is 0 Å². The van der Waals surface area contributed by atoms with Crippen molar-refractivity contribution in [2.75, 3.05) is 19.6 Å². The number of halogens is 3. The molecule has 2 amide bonds. The molecule has 6 nitrogen and oxygen atoms in total. The Kier molecular flexibility index (Phi) is 7.64. The normalized spacial score (nSPS) is 15.7. The van der Waals surface area contributed by atoms with Crippen molar-refractivity contribution >= 4 is 17.8 Å².